The number of para-hydroxylation sites is 1. The Labute approximate surface area is 116 Å². The lowest BCUT2D eigenvalue weighted by molar-refractivity contribution is 0.200. The third-order valence-corrected chi connectivity index (χ3v) is 4.13. The summed E-state index contributed by atoms with van der Waals surface area (Å²) in [5, 5.41) is 3.75. The van der Waals surface area contributed by atoms with Crippen LogP contribution in [0.15, 0.2) is 24.3 Å². The molecule has 0 amide bonds. The lowest BCUT2D eigenvalue weighted by Gasteiger charge is -2.33. The molecule has 1 aliphatic heterocycles. The molecule has 2 rings (SSSR count). The Bertz CT molecular complexity index is 386. The Balaban J connectivity index is 1.92. The fourth-order valence-electron chi connectivity index (χ4n) is 2.88. The van der Waals surface area contributed by atoms with Crippen molar-refractivity contribution in [1.82, 2.24) is 10.2 Å². The summed E-state index contributed by atoms with van der Waals surface area (Å²) in [6, 6.07) is 9.26. The number of benzene rings is 1. The number of piperidine rings is 1. The van der Waals surface area contributed by atoms with Crippen molar-refractivity contribution in [1.29, 1.82) is 0 Å². The highest BCUT2D eigenvalue weighted by Gasteiger charge is 2.20. The molecule has 0 spiro atoms. The lowest BCUT2D eigenvalue weighted by Crippen LogP contribution is -2.43. The van der Waals surface area contributed by atoms with E-state index < -0.39 is 0 Å². The van der Waals surface area contributed by atoms with E-state index in [2.05, 4.69) is 36.2 Å². The van der Waals surface area contributed by atoms with Gasteiger partial charge in [-0.2, -0.15) is 0 Å². The maximum atomic E-state index is 5.44. The van der Waals surface area contributed by atoms with Crippen LogP contribution in [0, 0.1) is 0 Å². The maximum Gasteiger partial charge on any atom is 0.123 e. The van der Waals surface area contributed by atoms with Gasteiger partial charge in [-0.3, -0.25) is 0 Å². The zero-order chi connectivity index (χ0) is 13.7. The van der Waals surface area contributed by atoms with Gasteiger partial charge < -0.3 is 15.0 Å². The minimum atomic E-state index is 0.342. The van der Waals surface area contributed by atoms with Crippen LogP contribution in [0.3, 0.4) is 0 Å². The van der Waals surface area contributed by atoms with Crippen molar-refractivity contribution >= 4 is 0 Å². The number of hydrogen-bond donors (Lipinski definition) is 1. The summed E-state index contributed by atoms with van der Waals surface area (Å²) in [6.45, 7) is 8.07. The van der Waals surface area contributed by atoms with Crippen molar-refractivity contribution < 1.29 is 4.74 Å². The first-order valence-corrected chi connectivity index (χ1v) is 7.36. The average molecular weight is 262 g/mol. The summed E-state index contributed by atoms with van der Waals surface area (Å²) >= 11 is 0. The number of likely N-dealkylation sites (tertiary alicyclic amines) is 1. The predicted octanol–water partition coefficient (Wildman–Crippen LogP) is 2.83. The van der Waals surface area contributed by atoms with Gasteiger partial charge in [-0.05, 0) is 45.5 Å². The summed E-state index contributed by atoms with van der Waals surface area (Å²) in [5.41, 5.74) is 1.25. The van der Waals surface area contributed by atoms with Gasteiger partial charge in [0.2, 0.25) is 0 Å². The van der Waals surface area contributed by atoms with Gasteiger partial charge >= 0.3 is 0 Å². The van der Waals surface area contributed by atoms with Gasteiger partial charge in [-0.1, -0.05) is 25.1 Å². The number of methoxy groups -OCH3 is 1. The predicted molar refractivity (Wildman–Crippen MR) is 79.7 cm³/mol. The van der Waals surface area contributed by atoms with Gasteiger partial charge in [0, 0.05) is 17.6 Å². The van der Waals surface area contributed by atoms with Crippen molar-refractivity contribution in [3.05, 3.63) is 29.8 Å². The third kappa shape index (κ3) is 3.71. The van der Waals surface area contributed by atoms with E-state index in [4.69, 9.17) is 4.74 Å². The summed E-state index contributed by atoms with van der Waals surface area (Å²) in [5.74, 6) is 0.980. The van der Waals surface area contributed by atoms with Gasteiger partial charge in [0.25, 0.3) is 0 Å². The van der Waals surface area contributed by atoms with Gasteiger partial charge in [-0.25, -0.2) is 0 Å². The van der Waals surface area contributed by atoms with E-state index in [0.717, 1.165) is 5.75 Å². The van der Waals surface area contributed by atoms with E-state index in [9.17, 15) is 0 Å². The van der Waals surface area contributed by atoms with E-state index in [1.165, 1.54) is 38.0 Å². The van der Waals surface area contributed by atoms with Crippen molar-refractivity contribution in [2.45, 2.75) is 38.8 Å². The van der Waals surface area contributed by atoms with Crippen molar-refractivity contribution in [3.8, 4) is 5.75 Å². The van der Waals surface area contributed by atoms with Gasteiger partial charge in [0.05, 0.1) is 7.11 Å². The maximum absolute atomic E-state index is 5.44. The molecule has 3 nitrogen and oxygen atoms in total. The van der Waals surface area contributed by atoms with Crippen LogP contribution in [0.5, 0.6) is 5.75 Å². The quantitative estimate of drug-likeness (QED) is 0.883. The van der Waals surface area contributed by atoms with Gasteiger partial charge in [0.15, 0.2) is 0 Å². The summed E-state index contributed by atoms with van der Waals surface area (Å²) in [4.78, 5) is 2.52. The standard InChI is InChI=1S/C16H26N2O/c1-4-18-11-9-14(10-12-18)17-13(2)15-7-5-6-8-16(15)19-3/h5-8,13-14,17H,4,9-12H2,1-3H3/t13-/m0/s1. The number of nitrogens with one attached hydrogen (secondary N) is 1. The Hall–Kier alpha value is -1.06. The normalized spacial score (nSPS) is 19.3. The van der Waals surface area contributed by atoms with Crippen LogP contribution in [0.25, 0.3) is 0 Å². The fraction of sp³-hybridized carbons (Fsp3) is 0.625. The molecule has 1 atom stereocenters. The zero-order valence-electron chi connectivity index (χ0n) is 12.4. The van der Waals surface area contributed by atoms with Crippen LogP contribution in [0.1, 0.15) is 38.3 Å². The fourth-order valence-corrected chi connectivity index (χ4v) is 2.88. The van der Waals surface area contributed by atoms with Crippen LogP contribution < -0.4 is 10.1 Å². The first-order chi connectivity index (χ1) is 9.24. The molecule has 1 aromatic rings. The molecule has 1 N–H and O–H groups in total. The number of nitrogens with zero attached hydrogens (tertiary/aromatic N) is 1. The van der Waals surface area contributed by atoms with E-state index in [1.54, 1.807) is 7.11 Å². The molecular weight excluding hydrogens is 236 g/mol. The molecule has 3 heteroatoms. The Morgan fingerprint density at radius 2 is 2.00 bits per heavy atom. The lowest BCUT2D eigenvalue weighted by atomic mass is 10.0. The minimum Gasteiger partial charge on any atom is -0.496 e. The molecule has 0 unspecified atom stereocenters. The first-order valence-electron chi connectivity index (χ1n) is 7.36. The topological polar surface area (TPSA) is 24.5 Å². The molecule has 0 bridgehead atoms. The van der Waals surface area contributed by atoms with Crippen LogP contribution >= 0.6 is 0 Å². The molecule has 0 saturated carbocycles. The third-order valence-electron chi connectivity index (χ3n) is 4.13. The van der Waals surface area contributed by atoms with Crippen LogP contribution in [-0.4, -0.2) is 37.7 Å². The molecule has 0 radical (unpaired) electrons. The molecule has 0 aromatic heterocycles. The second-order valence-corrected chi connectivity index (χ2v) is 5.34. The van der Waals surface area contributed by atoms with Crippen molar-refractivity contribution in [3.63, 3.8) is 0 Å². The average Bonchev–Trinajstić information content (AvgIpc) is 2.48. The molecule has 19 heavy (non-hydrogen) atoms. The molecule has 1 aliphatic rings. The number of rotatable bonds is 5. The largest absolute Gasteiger partial charge is 0.496 e. The highest BCUT2D eigenvalue weighted by atomic mass is 16.5. The summed E-state index contributed by atoms with van der Waals surface area (Å²) in [6.07, 6.45) is 2.49. The Kier molecular flexibility index (Phi) is 5.23. The van der Waals surface area contributed by atoms with Crippen molar-refractivity contribution in [2.24, 2.45) is 0 Å². The zero-order valence-corrected chi connectivity index (χ0v) is 12.4. The van der Waals surface area contributed by atoms with Gasteiger partial charge in [0.1, 0.15) is 5.75 Å². The monoisotopic (exact) mass is 262 g/mol. The van der Waals surface area contributed by atoms with Crippen LogP contribution in [0.2, 0.25) is 0 Å². The van der Waals surface area contributed by atoms with E-state index in [0.29, 0.717) is 12.1 Å². The smallest absolute Gasteiger partial charge is 0.123 e. The highest BCUT2D eigenvalue weighted by molar-refractivity contribution is 5.35. The minimum absolute atomic E-state index is 0.342. The van der Waals surface area contributed by atoms with Crippen molar-refractivity contribution in [2.75, 3.05) is 26.7 Å². The van der Waals surface area contributed by atoms with Crippen LogP contribution in [-0.2, 0) is 0 Å². The highest BCUT2D eigenvalue weighted by Crippen LogP contribution is 2.25. The first kappa shape index (κ1) is 14.4. The second kappa shape index (κ2) is 6.92. The SMILES string of the molecule is CCN1CCC(N[C@@H](C)c2ccccc2OC)CC1. The Morgan fingerprint density at radius 3 is 2.63 bits per heavy atom. The summed E-state index contributed by atoms with van der Waals surface area (Å²) in [7, 11) is 1.74. The molecule has 1 fully saturated rings. The number of hydrogen-bond acceptors (Lipinski definition) is 3. The molecule has 106 valence electrons. The van der Waals surface area contributed by atoms with Gasteiger partial charge in [-0.15, -0.1) is 0 Å². The second-order valence-electron chi connectivity index (χ2n) is 5.34. The van der Waals surface area contributed by atoms with E-state index >= 15 is 0 Å². The van der Waals surface area contributed by atoms with E-state index in [1.807, 2.05) is 12.1 Å². The molecule has 1 aromatic carbocycles. The summed E-state index contributed by atoms with van der Waals surface area (Å²) < 4.78 is 5.44. The molecule has 1 saturated heterocycles. The van der Waals surface area contributed by atoms with E-state index in [-0.39, 0.29) is 0 Å². The molecule has 1 heterocycles. The Morgan fingerprint density at radius 1 is 1.32 bits per heavy atom. The molecular formula is C16H26N2O. The van der Waals surface area contributed by atoms with Crippen LogP contribution in [0.4, 0.5) is 0 Å². The number of ether oxygens (including phenoxy) is 1. The molecule has 0 aliphatic carbocycles.